The first-order valence-electron chi connectivity index (χ1n) is 7.77. The summed E-state index contributed by atoms with van der Waals surface area (Å²) in [5.41, 5.74) is 3.36. The molecule has 0 spiro atoms. The van der Waals surface area contributed by atoms with Gasteiger partial charge in [0.05, 0.1) is 7.11 Å². The molecule has 0 saturated carbocycles. The lowest BCUT2D eigenvalue weighted by molar-refractivity contribution is 0.415. The summed E-state index contributed by atoms with van der Waals surface area (Å²) in [4.78, 5) is 0. The standard InChI is InChI=1S/C23H15FO/c1-25-23-16-10-19(11-17-23)7-13-21-5-3-2-4-20(21)12-6-18-8-14-22(24)15-9-18/h2-5,8-11,14-17H,1H3. The topological polar surface area (TPSA) is 9.23 Å². The van der Waals surface area contributed by atoms with E-state index >= 15 is 0 Å². The molecule has 3 aromatic carbocycles. The molecular weight excluding hydrogens is 311 g/mol. The van der Waals surface area contributed by atoms with E-state index in [1.165, 1.54) is 12.1 Å². The molecule has 3 rings (SSSR count). The molecule has 0 aliphatic carbocycles. The van der Waals surface area contributed by atoms with Gasteiger partial charge in [0.25, 0.3) is 0 Å². The van der Waals surface area contributed by atoms with E-state index < -0.39 is 0 Å². The Balaban J connectivity index is 1.87. The van der Waals surface area contributed by atoms with Crippen molar-refractivity contribution in [1.82, 2.24) is 0 Å². The molecule has 0 fully saturated rings. The molecule has 2 heteroatoms. The predicted molar refractivity (Wildman–Crippen MR) is 97.8 cm³/mol. The van der Waals surface area contributed by atoms with Gasteiger partial charge in [-0.2, -0.15) is 0 Å². The van der Waals surface area contributed by atoms with Crippen molar-refractivity contribution in [2.75, 3.05) is 7.11 Å². The Kier molecular flexibility index (Phi) is 5.15. The van der Waals surface area contributed by atoms with E-state index in [0.717, 1.165) is 28.0 Å². The number of ether oxygens (including phenoxy) is 1. The highest BCUT2D eigenvalue weighted by Crippen LogP contribution is 2.11. The van der Waals surface area contributed by atoms with Crippen LogP contribution in [-0.4, -0.2) is 7.11 Å². The normalized spacial score (nSPS) is 9.36. The molecule has 0 aliphatic heterocycles. The quantitative estimate of drug-likeness (QED) is 0.592. The highest BCUT2D eigenvalue weighted by atomic mass is 19.1. The van der Waals surface area contributed by atoms with Crippen molar-refractivity contribution < 1.29 is 9.13 Å². The second-order valence-electron chi connectivity index (χ2n) is 5.28. The molecule has 0 unspecified atom stereocenters. The molecule has 1 nitrogen and oxygen atoms in total. The van der Waals surface area contributed by atoms with E-state index in [4.69, 9.17) is 4.74 Å². The first-order valence-corrected chi connectivity index (χ1v) is 7.77. The largest absolute Gasteiger partial charge is 0.497 e. The van der Waals surface area contributed by atoms with Crippen molar-refractivity contribution in [3.63, 3.8) is 0 Å². The maximum Gasteiger partial charge on any atom is 0.123 e. The van der Waals surface area contributed by atoms with Crippen LogP contribution in [0, 0.1) is 29.5 Å². The van der Waals surface area contributed by atoms with Crippen LogP contribution in [0.3, 0.4) is 0 Å². The summed E-state index contributed by atoms with van der Waals surface area (Å²) in [5.74, 6) is 13.0. The number of hydrogen-bond donors (Lipinski definition) is 0. The lowest BCUT2D eigenvalue weighted by Crippen LogP contribution is -1.84. The number of rotatable bonds is 1. The van der Waals surface area contributed by atoms with Crippen LogP contribution in [0.5, 0.6) is 5.75 Å². The van der Waals surface area contributed by atoms with Crippen molar-refractivity contribution >= 4 is 0 Å². The number of halogens is 1. The Morgan fingerprint density at radius 2 is 1.12 bits per heavy atom. The molecule has 0 saturated heterocycles. The van der Waals surface area contributed by atoms with Crippen molar-refractivity contribution in [2.24, 2.45) is 0 Å². The summed E-state index contributed by atoms with van der Waals surface area (Å²) in [7, 11) is 1.64. The first-order chi connectivity index (χ1) is 12.2. The van der Waals surface area contributed by atoms with Gasteiger partial charge in [0.15, 0.2) is 0 Å². The van der Waals surface area contributed by atoms with Crippen molar-refractivity contribution in [2.45, 2.75) is 0 Å². The lowest BCUT2D eigenvalue weighted by atomic mass is 10.1. The van der Waals surface area contributed by atoms with Crippen molar-refractivity contribution in [3.05, 3.63) is 101 Å². The highest BCUT2D eigenvalue weighted by molar-refractivity contribution is 5.54. The van der Waals surface area contributed by atoms with Crippen LogP contribution in [0.25, 0.3) is 0 Å². The summed E-state index contributed by atoms with van der Waals surface area (Å²) < 4.78 is 18.1. The van der Waals surface area contributed by atoms with E-state index in [1.807, 2.05) is 48.5 Å². The molecule has 25 heavy (non-hydrogen) atoms. The molecule has 0 bridgehead atoms. The third-order valence-corrected chi connectivity index (χ3v) is 3.54. The Bertz CT molecular complexity index is 978. The predicted octanol–water partition coefficient (Wildman–Crippen LogP) is 4.63. The minimum Gasteiger partial charge on any atom is -0.497 e. The van der Waals surface area contributed by atoms with Gasteiger partial charge in [-0.05, 0) is 60.7 Å². The van der Waals surface area contributed by atoms with Crippen LogP contribution < -0.4 is 4.74 Å². The van der Waals surface area contributed by atoms with Gasteiger partial charge in [-0.25, -0.2) is 4.39 Å². The fraction of sp³-hybridized carbons (Fsp3) is 0.0435. The fourth-order valence-corrected chi connectivity index (χ4v) is 2.19. The van der Waals surface area contributed by atoms with E-state index in [2.05, 4.69) is 23.7 Å². The fourth-order valence-electron chi connectivity index (χ4n) is 2.19. The van der Waals surface area contributed by atoms with Crippen LogP contribution in [0.2, 0.25) is 0 Å². The zero-order chi connectivity index (χ0) is 17.5. The number of methoxy groups -OCH3 is 1. The van der Waals surface area contributed by atoms with Crippen LogP contribution >= 0.6 is 0 Å². The van der Waals surface area contributed by atoms with Gasteiger partial charge < -0.3 is 4.74 Å². The molecule has 0 atom stereocenters. The maximum absolute atomic E-state index is 12.9. The van der Waals surface area contributed by atoms with Crippen LogP contribution in [-0.2, 0) is 0 Å². The van der Waals surface area contributed by atoms with Gasteiger partial charge >= 0.3 is 0 Å². The average Bonchev–Trinajstić information content (AvgIpc) is 2.67. The molecule has 120 valence electrons. The van der Waals surface area contributed by atoms with E-state index in [-0.39, 0.29) is 5.82 Å². The van der Waals surface area contributed by atoms with Crippen LogP contribution in [0.1, 0.15) is 22.3 Å². The first kappa shape index (κ1) is 16.4. The summed E-state index contributed by atoms with van der Waals surface area (Å²) >= 11 is 0. The maximum atomic E-state index is 12.9. The van der Waals surface area contributed by atoms with Crippen LogP contribution in [0.15, 0.2) is 72.8 Å². The van der Waals surface area contributed by atoms with Gasteiger partial charge in [-0.3, -0.25) is 0 Å². The Morgan fingerprint density at radius 1 is 0.640 bits per heavy atom. The smallest absolute Gasteiger partial charge is 0.123 e. The molecular formula is C23H15FO. The molecule has 0 amide bonds. The van der Waals surface area contributed by atoms with E-state index in [0.29, 0.717) is 0 Å². The van der Waals surface area contributed by atoms with Crippen molar-refractivity contribution in [3.8, 4) is 29.4 Å². The Hall–Kier alpha value is -3.49. The van der Waals surface area contributed by atoms with E-state index in [9.17, 15) is 4.39 Å². The number of benzene rings is 3. The zero-order valence-corrected chi connectivity index (χ0v) is 13.7. The van der Waals surface area contributed by atoms with Gasteiger partial charge in [0, 0.05) is 22.3 Å². The van der Waals surface area contributed by atoms with Crippen molar-refractivity contribution in [1.29, 1.82) is 0 Å². The summed E-state index contributed by atoms with van der Waals surface area (Å²) in [6.07, 6.45) is 0. The second kappa shape index (κ2) is 7.86. The third-order valence-electron chi connectivity index (χ3n) is 3.54. The summed E-state index contributed by atoms with van der Waals surface area (Å²) in [6.45, 7) is 0. The Morgan fingerprint density at radius 3 is 1.60 bits per heavy atom. The lowest BCUT2D eigenvalue weighted by Gasteiger charge is -1.98. The molecule has 0 heterocycles. The monoisotopic (exact) mass is 326 g/mol. The highest BCUT2D eigenvalue weighted by Gasteiger charge is 1.96. The molecule has 3 aromatic rings. The molecule has 0 radical (unpaired) electrons. The second-order valence-corrected chi connectivity index (χ2v) is 5.28. The number of hydrogen-bond acceptors (Lipinski definition) is 1. The third kappa shape index (κ3) is 4.50. The summed E-state index contributed by atoms with van der Waals surface area (Å²) in [5, 5.41) is 0. The Labute approximate surface area is 147 Å². The minimum atomic E-state index is -0.267. The zero-order valence-electron chi connectivity index (χ0n) is 13.7. The molecule has 0 aromatic heterocycles. The minimum absolute atomic E-state index is 0.267. The molecule has 0 aliphatic rings. The van der Waals surface area contributed by atoms with Gasteiger partial charge in [0.1, 0.15) is 11.6 Å². The van der Waals surface area contributed by atoms with Gasteiger partial charge in [0.2, 0.25) is 0 Å². The van der Waals surface area contributed by atoms with Gasteiger partial charge in [-0.15, -0.1) is 0 Å². The van der Waals surface area contributed by atoms with E-state index in [1.54, 1.807) is 19.2 Å². The molecule has 0 N–H and O–H groups in total. The van der Waals surface area contributed by atoms with Gasteiger partial charge in [-0.1, -0.05) is 35.8 Å². The SMILES string of the molecule is COc1ccc(C#Cc2ccccc2C#Cc2ccc(F)cc2)cc1. The summed E-state index contributed by atoms with van der Waals surface area (Å²) in [6, 6.07) is 21.4. The van der Waals surface area contributed by atoms with Crippen LogP contribution in [0.4, 0.5) is 4.39 Å². The average molecular weight is 326 g/mol.